The van der Waals surface area contributed by atoms with Crippen LogP contribution in [0, 0.1) is 5.41 Å². The summed E-state index contributed by atoms with van der Waals surface area (Å²) in [5.74, 6) is -0.662. The number of nitrogens with zero attached hydrogens (tertiary/aromatic N) is 1. The summed E-state index contributed by atoms with van der Waals surface area (Å²) in [5, 5.41) is 2.71. The molecule has 0 radical (unpaired) electrons. The molecular weight excluding hydrogens is 360 g/mol. The summed E-state index contributed by atoms with van der Waals surface area (Å²) in [7, 11) is 0. The van der Waals surface area contributed by atoms with Crippen molar-refractivity contribution >= 4 is 23.7 Å². The number of anilines is 1. The Kier molecular flexibility index (Phi) is 8.02. The van der Waals surface area contributed by atoms with Gasteiger partial charge < -0.3 is 14.4 Å². The summed E-state index contributed by atoms with van der Waals surface area (Å²) < 4.78 is 10.3. The van der Waals surface area contributed by atoms with Crippen molar-refractivity contribution in [1.29, 1.82) is 0 Å². The molecule has 0 aromatic heterocycles. The zero-order chi connectivity index (χ0) is 21.5. The molecule has 7 heteroatoms. The maximum atomic E-state index is 12.8. The zero-order valence-electron chi connectivity index (χ0n) is 17.9. The molecule has 0 spiro atoms. The van der Waals surface area contributed by atoms with Crippen LogP contribution in [0.25, 0.3) is 0 Å². The third-order valence-corrected chi connectivity index (χ3v) is 3.57. The first-order chi connectivity index (χ1) is 12.8. The van der Waals surface area contributed by atoms with Crippen LogP contribution in [0.3, 0.4) is 0 Å². The highest BCUT2D eigenvalue weighted by Crippen LogP contribution is 2.23. The predicted molar refractivity (Wildman–Crippen MR) is 108 cm³/mol. The lowest BCUT2D eigenvalue weighted by molar-refractivity contribution is -0.152. The molecule has 0 fully saturated rings. The van der Waals surface area contributed by atoms with Crippen molar-refractivity contribution in [2.45, 2.75) is 60.6 Å². The van der Waals surface area contributed by atoms with Gasteiger partial charge in [-0.1, -0.05) is 39.0 Å². The molecular formula is C21H32N2O5. The minimum absolute atomic E-state index is 0.154. The number of carbonyl (C=O) groups is 3. The molecule has 7 nitrogen and oxygen atoms in total. The molecule has 0 saturated carbocycles. The molecule has 28 heavy (non-hydrogen) atoms. The summed E-state index contributed by atoms with van der Waals surface area (Å²) in [5.41, 5.74) is -0.0837. The van der Waals surface area contributed by atoms with E-state index in [1.165, 1.54) is 4.90 Å². The van der Waals surface area contributed by atoms with Crippen LogP contribution in [-0.2, 0) is 25.6 Å². The molecule has 0 heterocycles. The smallest absolute Gasteiger partial charge is 0.412 e. The molecule has 1 aromatic rings. The number of esters is 1. The number of para-hydroxylation sites is 1. The van der Waals surface area contributed by atoms with Gasteiger partial charge in [0.15, 0.2) is 0 Å². The van der Waals surface area contributed by atoms with Gasteiger partial charge in [-0.05, 0) is 39.3 Å². The number of amides is 2. The van der Waals surface area contributed by atoms with Gasteiger partial charge in [0.05, 0.1) is 6.61 Å². The van der Waals surface area contributed by atoms with Crippen LogP contribution in [0.4, 0.5) is 10.5 Å². The van der Waals surface area contributed by atoms with E-state index >= 15 is 0 Å². The van der Waals surface area contributed by atoms with Crippen LogP contribution in [0.15, 0.2) is 24.3 Å². The van der Waals surface area contributed by atoms with Crippen LogP contribution >= 0.6 is 0 Å². The van der Waals surface area contributed by atoms with Gasteiger partial charge in [0.1, 0.15) is 12.1 Å². The van der Waals surface area contributed by atoms with Gasteiger partial charge >= 0.3 is 12.1 Å². The first-order valence-electron chi connectivity index (χ1n) is 9.36. The highest BCUT2D eigenvalue weighted by Gasteiger charge is 2.29. The van der Waals surface area contributed by atoms with Crippen LogP contribution in [0.2, 0.25) is 0 Å². The molecule has 0 aliphatic rings. The second kappa shape index (κ2) is 9.57. The third kappa shape index (κ3) is 7.98. The first-order valence-corrected chi connectivity index (χ1v) is 9.36. The molecule has 0 aliphatic heterocycles. The van der Waals surface area contributed by atoms with Gasteiger partial charge in [-0.3, -0.25) is 14.9 Å². The quantitative estimate of drug-likeness (QED) is 0.741. The van der Waals surface area contributed by atoms with Crippen molar-refractivity contribution in [3.63, 3.8) is 0 Å². The average molecular weight is 392 g/mol. The lowest BCUT2D eigenvalue weighted by Gasteiger charge is -2.29. The summed E-state index contributed by atoms with van der Waals surface area (Å²) in [6, 6.07) is 7.10. The van der Waals surface area contributed by atoms with E-state index < -0.39 is 23.1 Å². The number of benzene rings is 1. The third-order valence-electron chi connectivity index (χ3n) is 3.57. The standard InChI is InChI=1S/C21H32N2O5/c1-8-27-17(24)14-23(18(25)20(2,3)4)13-15-11-9-10-12-16(15)22-19(26)28-21(5,6)7/h9-12H,8,13-14H2,1-7H3,(H,22,26). The SMILES string of the molecule is CCOC(=O)CN(Cc1ccccc1NC(=O)OC(C)(C)C)C(=O)C(C)(C)C. The topological polar surface area (TPSA) is 84.9 Å². The summed E-state index contributed by atoms with van der Waals surface area (Å²) in [6.45, 7) is 12.7. The Hall–Kier alpha value is -2.57. The largest absolute Gasteiger partial charge is 0.465 e. The second-order valence-corrected chi connectivity index (χ2v) is 8.50. The van der Waals surface area contributed by atoms with Crippen molar-refractivity contribution < 1.29 is 23.9 Å². The second-order valence-electron chi connectivity index (χ2n) is 8.50. The molecule has 1 N–H and O–H groups in total. The van der Waals surface area contributed by atoms with Crippen molar-refractivity contribution in [2.24, 2.45) is 5.41 Å². The number of ether oxygens (including phenoxy) is 2. The molecule has 156 valence electrons. The van der Waals surface area contributed by atoms with Gasteiger partial charge in [-0.25, -0.2) is 4.79 Å². The highest BCUT2D eigenvalue weighted by molar-refractivity contribution is 5.87. The van der Waals surface area contributed by atoms with E-state index in [-0.39, 0.29) is 25.6 Å². The van der Waals surface area contributed by atoms with E-state index in [1.807, 2.05) is 0 Å². The van der Waals surface area contributed by atoms with Crippen molar-refractivity contribution in [3.8, 4) is 0 Å². The molecule has 0 aliphatic carbocycles. The van der Waals surface area contributed by atoms with Gasteiger partial charge in [0.25, 0.3) is 0 Å². The maximum Gasteiger partial charge on any atom is 0.412 e. The lowest BCUT2D eigenvalue weighted by Crippen LogP contribution is -2.42. The van der Waals surface area contributed by atoms with E-state index in [2.05, 4.69) is 5.32 Å². The Labute approximate surface area is 167 Å². The number of carbonyl (C=O) groups excluding carboxylic acids is 3. The Morgan fingerprint density at radius 2 is 1.64 bits per heavy atom. The fourth-order valence-corrected chi connectivity index (χ4v) is 2.44. The molecule has 1 rings (SSSR count). The Morgan fingerprint density at radius 3 is 2.18 bits per heavy atom. The van der Waals surface area contributed by atoms with Crippen LogP contribution in [0.1, 0.15) is 54.0 Å². The molecule has 2 amide bonds. The van der Waals surface area contributed by atoms with Crippen LogP contribution < -0.4 is 5.32 Å². The minimum atomic E-state index is -0.667. The van der Waals surface area contributed by atoms with Crippen molar-refractivity contribution in [3.05, 3.63) is 29.8 Å². The van der Waals surface area contributed by atoms with Gasteiger partial charge in [-0.2, -0.15) is 0 Å². The van der Waals surface area contributed by atoms with Crippen molar-refractivity contribution in [2.75, 3.05) is 18.5 Å². The van der Waals surface area contributed by atoms with E-state index in [9.17, 15) is 14.4 Å². The summed E-state index contributed by atoms with van der Waals surface area (Å²) in [6.07, 6.45) is -0.584. The summed E-state index contributed by atoms with van der Waals surface area (Å²) in [4.78, 5) is 38.4. The van der Waals surface area contributed by atoms with E-state index in [4.69, 9.17) is 9.47 Å². The average Bonchev–Trinajstić information content (AvgIpc) is 2.52. The molecule has 0 unspecified atom stereocenters. The molecule has 1 aromatic carbocycles. The minimum Gasteiger partial charge on any atom is -0.465 e. The fourth-order valence-electron chi connectivity index (χ4n) is 2.44. The number of rotatable bonds is 6. The normalized spacial score (nSPS) is 11.5. The van der Waals surface area contributed by atoms with Crippen LogP contribution in [-0.4, -0.2) is 41.6 Å². The Balaban J connectivity index is 3.06. The van der Waals surface area contributed by atoms with Gasteiger partial charge in [0.2, 0.25) is 5.91 Å². The van der Waals surface area contributed by atoms with Crippen molar-refractivity contribution in [1.82, 2.24) is 4.90 Å². The Morgan fingerprint density at radius 1 is 1.04 bits per heavy atom. The monoisotopic (exact) mass is 392 g/mol. The Bertz CT molecular complexity index is 701. The molecule has 0 atom stereocenters. The van der Waals surface area contributed by atoms with E-state index in [1.54, 1.807) is 72.7 Å². The fraction of sp³-hybridized carbons (Fsp3) is 0.571. The van der Waals surface area contributed by atoms with Gasteiger partial charge in [0, 0.05) is 17.6 Å². The molecule has 0 saturated heterocycles. The summed E-state index contributed by atoms with van der Waals surface area (Å²) >= 11 is 0. The van der Waals surface area contributed by atoms with E-state index in [0.29, 0.717) is 11.3 Å². The van der Waals surface area contributed by atoms with Gasteiger partial charge in [-0.15, -0.1) is 0 Å². The number of hydrogen-bond acceptors (Lipinski definition) is 5. The zero-order valence-corrected chi connectivity index (χ0v) is 17.9. The first kappa shape index (κ1) is 23.5. The van der Waals surface area contributed by atoms with Crippen LogP contribution in [0.5, 0.6) is 0 Å². The molecule has 0 bridgehead atoms. The predicted octanol–water partition coefficient (Wildman–Crippen LogP) is 3.97. The lowest BCUT2D eigenvalue weighted by atomic mass is 9.94. The van der Waals surface area contributed by atoms with E-state index in [0.717, 1.165) is 0 Å². The highest BCUT2D eigenvalue weighted by atomic mass is 16.6. The number of nitrogens with one attached hydrogen (secondary N) is 1. The number of hydrogen-bond donors (Lipinski definition) is 1. The maximum absolute atomic E-state index is 12.8.